The first-order valence-electron chi connectivity index (χ1n) is 8.43. The summed E-state index contributed by atoms with van der Waals surface area (Å²) in [5, 5.41) is 2.93. The molecule has 1 amide bonds. The SMILES string of the molecule is COc1ccc(C(=O)NCc2ccccc2)cc1COc1ccccc1. The van der Waals surface area contributed by atoms with Gasteiger partial charge in [0.25, 0.3) is 5.91 Å². The molecule has 0 radical (unpaired) electrons. The standard InChI is InChI=1S/C22H21NO3/c1-25-21-13-12-18(22(24)23-15-17-8-4-2-5-9-17)14-19(21)16-26-20-10-6-3-7-11-20/h2-14H,15-16H2,1H3,(H,23,24). The molecule has 4 nitrogen and oxygen atoms in total. The van der Waals surface area contributed by atoms with Crippen molar-refractivity contribution in [2.24, 2.45) is 0 Å². The van der Waals surface area contributed by atoms with E-state index in [1.807, 2.05) is 66.7 Å². The highest BCUT2D eigenvalue weighted by Crippen LogP contribution is 2.22. The van der Waals surface area contributed by atoms with Gasteiger partial charge in [-0.3, -0.25) is 4.79 Å². The first-order valence-corrected chi connectivity index (χ1v) is 8.43. The summed E-state index contributed by atoms with van der Waals surface area (Å²) in [5.41, 5.74) is 2.46. The largest absolute Gasteiger partial charge is 0.496 e. The summed E-state index contributed by atoms with van der Waals surface area (Å²) in [4.78, 5) is 12.5. The zero-order chi connectivity index (χ0) is 18.2. The molecule has 0 saturated carbocycles. The van der Waals surface area contributed by atoms with E-state index < -0.39 is 0 Å². The second-order valence-electron chi connectivity index (χ2n) is 5.80. The molecular formula is C22H21NO3. The maximum atomic E-state index is 12.5. The summed E-state index contributed by atoms with van der Waals surface area (Å²) in [6.45, 7) is 0.814. The van der Waals surface area contributed by atoms with Gasteiger partial charge in [0.05, 0.1) is 7.11 Å². The second-order valence-corrected chi connectivity index (χ2v) is 5.80. The Hall–Kier alpha value is -3.27. The average Bonchev–Trinajstić information content (AvgIpc) is 2.71. The van der Waals surface area contributed by atoms with E-state index >= 15 is 0 Å². The van der Waals surface area contributed by atoms with Crippen LogP contribution < -0.4 is 14.8 Å². The van der Waals surface area contributed by atoms with Crippen LogP contribution in [0.5, 0.6) is 11.5 Å². The van der Waals surface area contributed by atoms with E-state index in [1.165, 1.54) is 0 Å². The number of rotatable bonds is 7. The Kier molecular flexibility index (Phi) is 5.88. The molecule has 0 spiro atoms. The van der Waals surface area contributed by atoms with Crippen LogP contribution >= 0.6 is 0 Å². The number of benzene rings is 3. The minimum absolute atomic E-state index is 0.127. The summed E-state index contributed by atoms with van der Waals surface area (Å²) in [6, 6.07) is 24.7. The Morgan fingerprint density at radius 3 is 2.31 bits per heavy atom. The lowest BCUT2D eigenvalue weighted by atomic mass is 10.1. The monoisotopic (exact) mass is 347 g/mol. The van der Waals surface area contributed by atoms with Crippen molar-refractivity contribution in [3.8, 4) is 11.5 Å². The summed E-state index contributed by atoms with van der Waals surface area (Å²) < 4.78 is 11.2. The van der Waals surface area contributed by atoms with Crippen molar-refractivity contribution < 1.29 is 14.3 Å². The minimum atomic E-state index is -0.127. The van der Waals surface area contributed by atoms with Gasteiger partial charge in [-0.1, -0.05) is 48.5 Å². The highest BCUT2D eigenvalue weighted by Gasteiger charge is 2.11. The highest BCUT2D eigenvalue weighted by atomic mass is 16.5. The molecule has 3 rings (SSSR count). The van der Waals surface area contributed by atoms with Gasteiger partial charge < -0.3 is 14.8 Å². The first-order chi connectivity index (χ1) is 12.8. The molecule has 26 heavy (non-hydrogen) atoms. The number of carbonyl (C=O) groups excluding carboxylic acids is 1. The van der Waals surface area contributed by atoms with Crippen LogP contribution in [-0.4, -0.2) is 13.0 Å². The number of hydrogen-bond acceptors (Lipinski definition) is 3. The van der Waals surface area contributed by atoms with E-state index in [2.05, 4.69) is 5.32 Å². The van der Waals surface area contributed by atoms with Crippen LogP contribution in [0.25, 0.3) is 0 Å². The fourth-order valence-corrected chi connectivity index (χ4v) is 2.59. The molecule has 0 unspecified atom stereocenters. The van der Waals surface area contributed by atoms with Crippen molar-refractivity contribution in [2.45, 2.75) is 13.2 Å². The lowest BCUT2D eigenvalue weighted by Crippen LogP contribution is -2.23. The van der Waals surface area contributed by atoms with E-state index in [1.54, 1.807) is 19.2 Å². The molecule has 0 aliphatic heterocycles. The zero-order valence-corrected chi connectivity index (χ0v) is 14.6. The number of ether oxygens (including phenoxy) is 2. The van der Waals surface area contributed by atoms with Crippen LogP contribution in [0.3, 0.4) is 0 Å². The summed E-state index contributed by atoms with van der Waals surface area (Å²) in [6.07, 6.45) is 0. The Labute approximate surface area is 153 Å². The third kappa shape index (κ3) is 4.63. The van der Waals surface area contributed by atoms with Crippen LogP contribution in [0.15, 0.2) is 78.9 Å². The molecule has 0 aliphatic rings. The maximum absolute atomic E-state index is 12.5. The van der Waals surface area contributed by atoms with Gasteiger partial charge in [0.15, 0.2) is 0 Å². The molecule has 1 N–H and O–H groups in total. The number of nitrogens with one attached hydrogen (secondary N) is 1. The lowest BCUT2D eigenvalue weighted by Gasteiger charge is -2.12. The van der Waals surface area contributed by atoms with Gasteiger partial charge in [0.1, 0.15) is 18.1 Å². The summed E-state index contributed by atoms with van der Waals surface area (Å²) in [7, 11) is 1.61. The van der Waals surface area contributed by atoms with Gasteiger partial charge in [-0.25, -0.2) is 0 Å². The maximum Gasteiger partial charge on any atom is 0.251 e. The van der Waals surface area contributed by atoms with E-state index in [-0.39, 0.29) is 5.91 Å². The third-order valence-corrected chi connectivity index (χ3v) is 3.98. The Bertz CT molecular complexity index is 848. The number of methoxy groups -OCH3 is 1. The number of carbonyl (C=O) groups is 1. The number of para-hydroxylation sites is 1. The van der Waals surface area contributed by atoms with E-state index in [4.69, 9.17) is 9.47 Å². The molecular weight excluding hydrogens is 326 g/mol. The average molecular weight is 347 g/mol. The zero-order valence-electron chi connectivity index (χ0n) is 14.6. The normalized spacial score (nSPS) is 10.2. The number of hydrogen-bond donors (Lipinski definition) is 1. The summed E-state index contributed by atoms with van der Waals surface area (Å²) >= 11 is 0. The molecule has 0 bridgehead atoms. The predicted octanol–water partition coefficient (Wildman–Crippen LogP) is 4.20. The minimum Gasteiger partial charge on any atom is -0.496 e. The van der Waals surface area contributed by atoms with Crippen molar-refractivity contribution in [3.05, 3.63) is 95.6 Å². The third-order valence-electron chi connectivity index (χ3n) is 3.98. The van der Waals surface area contributed by atoms with Gasteiger partial charge in [-0.05, 0) is 35.9 Å². The van der Waals surface area contributed by atoms with Gasteiger partial charge in [-0.15, -0.1) is 0 Å². The van der Waals surface area contributed by atoms with E-state index in [9.17, 15) is 4.79 Å². The van der Waals surface area contributed by atoms with E-state index in [0.29, 0.717) is 24.5 Å². The van der Waals surface area contributed by atoms with Crippen molar-refractivity contribution in [2.75, 3.05) is 7.11 Å². The Morgan fingerprint density at radius 2 is 1.62 bits per heavy atom. The van der Waals surface area contributed by atoms with Crippen molar-refractivity contribution >= 4 is 5.91 Å². The molecule has 0 fully saturated rings. The van der Waals surface area contributed by atoms with Crippen LogP contribution in [-0.2, 0) is 13.2 Å². The molecule has 0 heterocycles. The number of amides is 1. The van der Waals surface area contributed by atoms with Crippen molar-refractivity contribution in [1.82, 2.24) is 5.32 Å². The summed E-state index contributed by atoms with van der Waals surface area (Å²) in [5.74, 6) is 1.34. The van der Waals surface area contributed by atoms with Crippen molar-refractivity contribution in [3.63, 3.8) is 0 Å². The van der Waals surface area contributed by atoms with Gasteiger partial charge >= 0.3 is 0 Å². The van der Waals surface area contributed by atoms with E-state index in [0.717, 1.165) is 16.9 Å². The molecule has 132 valence electrons. The molecule has 0 aliphatic carbocycles. The molecule has 0 saturated heterocycles. The fourth-order valence-electron chi connectivity index (χ4n) is 2.59. The fraction of sp³-hybridized carbons (Fsp3) is 0.136. The van der Waals surface area contributed by atoms with Gasteiger partial charge in [0.2, 0.25) is 0 Å². The predicted molar refractivity (Wildman–Crippen MR) is 101 cm³/mol. The quantitative estimate of drug-likeness (QED) is 0.697. The lowest BCUT2D eigenvalue weighted by molar-refractivity contribution is 0.0950. The molecule has 0 atom stereocenters. The smallest absolute Gasteiger partial charge is 0.251 e. The molecule has 3 aromatic carbocycles. The first kappa shape index (κ1) is 17.5. The van der Waals surface area contributed by atoms with Crippen molar-refractivity contribution in [1.29, 1.82) is 0 Å². The van der Waals surface area contributed by atoms with Gasteiger partial charge in [-0.2, -0.15) is 0 Å². The van der Waals surface area contributed by atoms with Crippen LogP contribution in [0.4, 0.5) is 0 Å². The highest BCUT2D eigenvalue weighted by molar-refractivity contribution is 5.94. The Morgan fingerprint density at radius 1 is 0.923 bits per heavy atom. The second kappa shape index (κ2) is 8.72. The Balaban J connectivity index is 1.68. The van der Waals surface area contributed by atoms with Crippen LogP contribution in [0.2, 0.25) is 0 Å². The van der Waals surface area contributed by atoms with Gasteiger partial charge in [0, 0.05) is 17.7 Å². The molecule has 4 heteroatoms. The molecule has 0 aromatic heterocycles. The molecule has 3 aromatic rings. The van der Waals surface area contributed by atoms with Crippen LogP contribution in [0, 0.1) is 0 Å². The topological polar surface area (TPSA) is 47.6 Å². The van der Waals surface area contributed by atoms with Crippen LogP contribution in [0.1, 0.15) is 21.5 Å².